The molecule has 3 aliphatic rings. The molecule has 168 valence electrons. The smallest absolute Gasteiger partial charge is 0.307 e. The van der Waals surface area contributed by atoms with Crippen LogP contribution in [0.2, 0.25) is 0 Å². The summed E-state index contributed by atoms with van der Waals surface area (Å²) in [6, 6.07) is 6.99. The fourth-order valence-electron chi connectivity index (χ4n) is 5.13. The summed E-state index contributed by atoms with van der Waals surface area (Å²) in [5.74, 6) is -2.40. The molecular weight excluding hydrogens is 416 g/mol. The van der Waals surface area contributed by atoms with Gasteiger partial charge in [0.2, 0.25) is 15.9 Å². The Hall–Kier alpha value is -2.19. The van der Waals surface area contributed by atoms with E-state index < -0.39 is 27.8 Å². The molecule has 1 aromatic rings. The van der Waals surface area contributed by atoms with Crippen LogP contribution in [0.1, 0.15) is 32.8 Å². The van der Waals surface area contributed by atoms with E-state index in [2.05, 4.69) is 20.8 Å². The Balaban J connectivity index is 1.43. The van der Waals surface area contributed by atoms with Crippen molar-refractivity contribution in [3.05, 3.63) is 42.0 Å². The molecule has 1 aliphatic heterocycles. The molecule has 0 spiro atoms. The van der Waals surface area contributed by atoms with Gasteiger partial charge in [0.25, 0.3) is 0 Å². The molecule has 0 aromatic heterocycles. The molecule has 1 aromatic carbocycles. The summed E-state index contributed by atoms with van der Waals surface area (Å²) >= 11 is 0. The van der Waals surface area contributed by atoms with E-state index in [4.69, 9.17) is 0 Å². The lowest BCUT2D eigenvalue weighted by atomic mass is 9.82. The number of amides is 1. The van der Waals surface area contributed by atoms with Crippen LogP contribution in [0.3, 0.4) is 0 Å². The van der Waals surface area contributed by atoms with Gasteiger partial charge in [-0.3, -0.25) is 9.59 Å². The molecule has 4 atom stereocenters. The third kappa shape index (κ3) is 3.91. The van der Waals surface area contributed by atoms with Crippen LogP contribution in [-0.2, 0) is 25.0 Å². The van der Waals surface area contributed by atoms with Gasteiger partial charge in [-0.05, 0) is 41.4 Å². The predicted octanol–water partition coefficient (Wildman–Crippen LogP) is 2.34. The van der Waals surface area contributed by atoms with E-state index in [0.717, 1.165) is 5.56 Å². The number of carbonyl (C=O) groups is 2. The van der Waals surface area contributed by atoms with E-state index in [-0.39, 0.29) is 54.2 Å². The van der Waals surface area contributed by atoms with Gasteiger partial charge < -0.3 is 10.0 Å². The number of carboxylic acid groups (broad SMARTS) is 1. The van der Waals surface area contributed by atoms with Gasteiger partial charge in [-0.25, -0.2) is 8.42 Å². The van der Waals surface area contributed by atoms with Gasteiger partial charge in [0.05, 0.1) is 16.7 Å². The monoisotopic (exact) mass is 446 g/mol. The van der Waals surface area contributed by atoms with Crippen molar-refractivity contribution in [3.63, 3.8) is 0 Å². The van der Waals surface area contributed by atoms with Gasteiger partial charge in [-0.15, -0.1) is 0 Å². The van der Waals surface area contributed by atoms with Crippen molar-refractivity contribution in [3.8, 4) is 0 Å². The molecule has 1 saturated carbocycles. The zero-order valence-corrected chi connectivity index (χ0v) is 19.0. The fourth-order valence-corrected chi connectivity index (χ4v) is 6.55. The highest BCUT2D eigenvalue weighted by Gasteiger charge is 2.52. The van der Waals surface area contributed by atoms with E-state index in [1.165, 1.54) is 4.31 Å². The van der Waals surface area contributed by atoms with E-state index in [0.29, 0.717) is 6.42 Å². The minimum atomic E-state index is -3.63. The Morgan fingerprint density at radius 3 is 2.00 bits per heavy atom. The first-order chi connectivity index (χ1) is 14.5. The highest BCUT2D eigenvalue weighted by Crippen LogP contribution is 2.48. The quantitative estimate of drug-likeness (QED) is 0.717. The second-order valence-corrected chi connectivity index (χ2v) is 11.8. The second-order valence-electron chi connectivity index (χ2n) is 9.84. The average Bonchev–Trinajstić information content (AvgIpc) is 3.34. The van der Waals surface area contributed by atoms with Gasteiger partial charge >= 0.3 is 5.97 Å². The van der Waals surface area contributed by atoms with Crippen molar-refractivity contribution in [2.45, 2.75) is 37.5 Å². The Morgan fingerprint density at radius 2 is 1.48 bits per heavy atom. The molecule has 31 heavy (non-hydrogen) atoms. The molecular formula is C23H30N2O5S. The molecule has 2 bridgehead atoms. The SMILES string of the molecule is CC(C)(C)c1ccc(S(=O)(=O)N2CCN(C(=O)[C@H]3[C@@H](C(=O)O)[C@H]4C=C[C@H]3C4)CC2)cc1. The van der Waals surface area contributed by atoms with E-state index in [1.54, 1.807) is 17.0 Å². The lowest BCUT2D eigenvalue weighted by Gasteiger charge is -2.37. The average molecular weight is 447 g/mol. The second kappa shape index (κ2) is 7.74. The normalized spacial score (nSPS) is 28.8. The maximum absolute atomic E-state index is 13.1. The van der Waals surface area contributed by atoms with E-state index in [9.17, 15) is 23.1 Å². The van der Waals surface area contributed by atoms with Crippen LogP contribution >= 0.6 is 0 Å². The summed E-state index contributed by atoms with van der Waals surface area (Å²) in [4.78, 5) is 26.7. The zero-order chi connectivity index (χ0) is 22.6. The van der Waals surface area contributed by atoms with Crippen molar-refractivity contribution in [1.82, 2.24) is 9.21 Å². The molecule has 0 radical (unpaired) electrons. The molecule has 1 N–H and O–H groups in total. The number of piperazine rings is 1. The fraction of sp³-hybridized carbons (Fsp3) is 0.565. The van der Waals surface area contributed by atoms with Crippen molar-refractivity contribution in [2.24, 2.45) is 23.7 Å². The molecule has 7 nitrogen and oxygen atoms in total. The number of allylic oxidation sites excluding steroid dienone is 2. The third-order valence-electron chi connectivity index (χ3n) is 6.94. The number of sulfonamides is 1. The van der Waals surface area contributed by atoms with Crippen molar-refractivity contribution >= 4 is 21.9 Å². The predicted molar refractivity (Wildman–Crippen MR) is 116 cm³/mol. The summed E-state index contributed by atoms with van der Waals surface area (Å²) in [6.07, 6.45) is 4.60. The summed E-state index contributed by atoms with van der Waals surface area (Å²) < 4.78 is 27.5. The molecule has 8 heteroatoms. The van der Waals surface area contributed by atoms with Crippen LogP contribution in [0.15, 0.2) is 41.3 Å². The molecule has 0 unspecified atom stereocenters. The number of rotatable bonds is 4. The lowest BCUT2D eigenvalue weighted by Crippen LogP contribution is -2.53. The molecule has 2 aliphatic carbocycles. The highest BCUT2D eigenvalue weighted by atomic mass is 32.2. The number of benzene rings is 1. The van der Waals surface area contributed by atoms with Crippen LogP contribution in [0.4, 0.5) is 0 Å². The van der Waals surface area contributed by atoms with Crippen LogP contribution in [-0.4, -0.2) is 60.8 Å². The number of hydrogen-bond donors (Lipinski definition) is 1. The largest absolute Gasteiger partial charge is 0.481 e. The maximum Gasteiger partial charge on any atom is 0.307 e. The number of fused-ring (bicyclic) bond motifs is 2. The van der Waals surface area contributed by atoms with Crippen LogP contribution < -0.4 is 0 Å². The Labute approximate surface area is 183 Å². The first kappa shape index (κ1) is 22.0. The molecule has 1 saturated heterocycles. The van der Waals surface area contributed by atoms with Gasteiger partial charge in [0.1, 0.15) is 0 Å². The van der Waals surface area contributed by atoms with Crippen LogP contribution in [0.5, 0.6) is 0 Å². The standard InChI is InChI=1S/C23H30N2O5S/c1-23(2,3)17-6-8-18(9-7-17)31(29,30)25-12-10-24(11-13-25)21(26)19-15-4-5-16(14-15)20(19)22(27)28/h4-9,15-16,19-20H,10-14H2,1-3H3,(H,27,28)/t15-,16-,19+,20-/m0/s1. The van der Waals surface area contributed by atoms with Gasteiger partial charge in [-0.1, -0.05) is 45.1 Å². The Kier molecular flexibility index (Phi) is 5.50. The number of carboxylic acids is 1. The molecule has 1 heterocycles. The summed E-state index contributed by atoms with van der Waals surface area (Å²) in [7, 11) is -3.63. The first-order valence-electron chi connectivity index (χ1n) is 10.8. The topological polar surface area (TPSA) is 95.0 Å². The number of aliphatic carboxylic acids is 1. The van der Waals surface area contributed by atoms with Gasteiger partial charge in [0.15, 0.2) is 0 Å². The molecule has 1 amide bonds. The zero-order valence-electron chi connectivity index (χ0n) is 18.2. The van der Waals surface area contributed by atoms with Crippen molar-refractivity contribution in [1.29, 1.82) is 0 Å². The van der Waals surface area contributed by atoms with Gasteiger partial charge in [-0.2, -0.15) is 4.31 Å². The lowest BCUT2D eigenvalue weighted by molar-refractivity contribution is -0.151. The van der Waals surface area contributed by atoms with Crippen molar-refractivity contribution in [2.75, 3.05) is 26.2 Å². The number of hydrogen-bond acceptors (Lipinski definition) is 4. The highest BCUT2D eigenvalue weighted by molar-refractivity contribution is 7.89. The number of nitrogens with zero attached hydrogens (tertiary/aromatic N) is 2. The third-order valence-corrected chi connectivity index (χ3v) is 8.85. The van der Waals surface area contributed by atoms with E-state index in [1.807, 2.05) is 24.3 Å². The minimum Gasteiger partial charge on any atom is -0.481 e. The number of carbonyl (C=O) groups excluding carboxylic acids is 1. The van der Waals surface area contributed by atoms with E-state index >= 15 is 0 Å². The molecule has 2 fully saturated rings. The first-order valence-corrected chi connectivity index (χ1v) is 12.2. The van der Waals surface area contributed by atoms with Gasteiger partial charge in [0, 0.05) is 26.2 Å². The maximum atomic E-state index is 13.1. The summed E-state index contributed by atoms with van der Waals surface area (Å²) in [6.45, 7) is 7.21. The van der Waals surface area contributed by atoms with Crippen LogP contribution in [0, 0.1) is 23.7 Å². The molecule has 4 rings (SSSR count). The Bertz CT molecular complexity index is 1000. The van der Waals surface area contributed by atoms with Crippen LogP contribution in [0.25, 0.3) is 0 Å². The minimum absolute atomic E-state index is 0.0262. The van der Waals surface area contributed by atoms with Crippen molar-refractivity contribution < 1.29 is 23.1 Å². The summed E-state index contributed by atoms with van der Waals surface area (Å²) in [5.41, 5.74) is 1.01. The summed E-state index contributed by atoms with van der Waals surface area (Å²) in [5, 5.41) is 9.61. The Morgan fingerprint density at radius 1 is 0.935 bits per heavy atom.